The highest BCUT2D eigenvalue weighted by Crippen LogP contribution is 2.38. The molecule has 0 unspecified atom stereocenters. The number of unbranched alkanes of at least 4 members (excludes halogenated alkanes) is 4. The fraction of sp³-hybridized carbons (Fsp3) is 0.353. The lowest BCUT2D eigenvalue weighted by Gasteiger charge is -2.28. The van der Waals surface area contributed by atoms with E-state index in [-0.39, 0.29) is 64.7 Å². The van der Waals surface area contributed by atoms with Gasteiger partial charge in [-0.05, 0) is 174 Å². The first kappa shape index (κ1) is 81.1. The van der Waals surface area contributed by atoms with Gasteiger partial charge in [-0.25, -0.2) is 0 Å². The Morgan fingerprint density at radius 3 is 1.44 bits per heavy atom. The molecule has 0 atom stereocenters. The van der Waals surface area contributed by atoms with Gasteiger partial charge in [0, 0.05) is 122 Å². The quantitative estimate of drug-likeness (QED) is 0.00611. The van der Waals surface area contributed by atoms with Crippen LogP contribution in [0.1, 0.15) is 120 Å². The van der Waals surface area contributed by atoms with E-state index in [2.05, 4.69) is 5.32 Å². The van der Waals surface area contributed by atoms with Crippen LogP contribution in [-0.4, -0.2) is 147 Å². The SMILES string of the molecule is CC\[N+](=C(C)/C=C/C=C(\C)N(CCCCCC(=O)NCc1ccc(/[N+](CCCS(=O)(=O)O)=C(C)/C=C/C=C(\C)N(CCCCCC(=O)O)c2ccc(S(=O)(=O)O)cc2C)c(C)c1)c1ccc2c(S(=O)(=O)O)cc(S(=O)(=O)O)cc2c1C)c1ccc2c(S(=O)(=O)O)cc(S(=O)(=O)O)cc2c1C. The number of allylic oxidation sites excluding steroid dienone is 8. The third-order valence-corrected chi connectivity index (χ3v) is 22.0. The number of nitrogens with zero attached hydrogens (tertiary/aromatic N) is 4. The first-order valence-corrected chi connectivity index (χ1v) is 40.4. The summed E-state index contributed by atoms with van der Waals surface area (Å²) in [5, 5.41) is 12.3. The van der Waals surface area contributed by atoms with Crippen molar-refractivity contribution in [2.24, 2.45) is 0 Å². The van der Waals surface area contributed by atoms with E-state index in [4.69, 9.17) is 5.11 Å². The third-order valence-electron chi connectivity index (χ3n) is 16.9. The van der Waals surface area contributed by atoms with Crippen LogP contribution in [0.4, 0.5) is 22.7 Å². The lowest BCUT2D eigenvalue weighted by molar-refractivity contribution is -0.440. The molecule has 0 aliphatic rings. The van der Waals surface area contributed by atoms with Crippen LogP contribution >= 0.6 is 0 Å². The second kappa shape index (κ2) is 33.7. The number of anilines is 2. The van der Waals surface area contributed by atoms with Crippen LogP contribution in [0, 0.1) is 27.7 Å². The van der Waals surface area contributed by atoms with Gasteiger partial charge in [0.15, 0.2) is 11.4 Å². The Kier molecular flexibility index (Phi) is 27.4. The zero-order valence-corrected chi connectivity index (χ0v) is 61.6. The topological polar surface area (TPSA) is 405 Å². The number of rotatable bonds is 34. The maximum atomic E-state index is 13.4. The van der Waals surface area contributed by atoms with Gasteiger partial charge in [-0.2, -0.15) is 59.7 Å². The van der Waals surface area contributed by atoms with Gasteiger partial charge in [0.1, 0.15) is 22.9 Å². The molecule has 8 N–H and O–H groups in total. The number of fused-ring (bicyclic) bond motifs is 2. The van der Waals surface area contributed by atoms with Crippen LogP contribution in [0.5, 0.6) is 0 Å². The monoisotopic (exact) mass is 1500 g/mol. The average Bonchev–Trinajstić information content (AvgIpc) is 0.759. The zero-order chi connectivity index (χ0) is 74.6. The number of amides is 1. The molecule has 0 fully saturated rings. The molecule has 0 spiro atoms. The molecule has 542 valence electrons. The standard InChI is InChI=1S/C68H83N5O21S6/c1-10-70(63-32-28-57-59(51(63)8)40-55(97(83,84)85)42-65(57)99(89,90)91)47(4)20-17-23-50(7)73(64-33-29-58-60(52(64)9)41-56(98(86,87)88)43-66(58)100(92,93)94)35-15-11-13-24-67(74)69-44-53-26-30-61(45(2)38-53)72(36-19-37-95(77,78)79)49(6)22-18-21-48(5)71(34-16-12-14-25-68(75)76)62-31-27-54(39-46(62)3)96(80,81)82/h17-18,20-23,26-33,38-43H,10-16,19,24-25,34-37,44H2,1-9H3,(H6-2,69,74,75,76,77,78,79,80,81,82,83,84,85,86,87,88,89,90,91,92,93,94)/p+2. The second-order valence-electron chi connectivity index (χ2n) is 24.1. The molecule has 0 bridgehead atoms. The number of aryl methyl sites for hydroxylation is 4. The van der Waals surface area contributed by atoms with Crippen molar-refractivity contribution in [3.05, 3.63) is 161 Å². The summed E-state index contributed by atoms with van der Waals surface area (Å²) in [7, 11) is -28.6. The van der Waals surface area contributed by atoms with Crippen molar-refractivity contribution in [2.45, 2.75) is 151 Å². The number of carboxylic acids is 1. The van der Waals surface area contributed by atoms with Gasteiger partial charge >= 0.3 is 5.97 Å². The van der Waals surface area contributed by atoms with Crippen LogP contribution in [0.3, 0.4) is 0 Å². The van der Waals surface area contributed by atoms with E-state index in [1.165, 1.54) is 24.3 Å². The molecule has 0 heterocycles. The number of hydrogen-bond donors (Lipinski definition) is 8. The fourth-order valence-corrected chi connectivity index (χ4v) is 15.5. The van der Waals surface area contributed by atoms with E-state index in [1.54, 1.807) is 77.1 Å². The summed E-state index contributed by atoms with van der Waals surface area (Å²) in [5.41, 5.74) is 8.10. The first-order valence-electron chi connectivity index (χ1n) is 31.6. The summed E-state index contributed by atoms with van der Waals surface area (Å²) in [6, 6.07) is 19.4. The van der Waals surface area contributed by atoms with Gasteiger partial charge in [0.25, 0.3) is 60.7 Å². The minimum Gasteiger partial charge on any atom is -0.481 e. The minimum atomic E-state index is -5.01. The van der Waals surface area contributed by atoms with E-state index < -0.39 is 92.0 Å². The van der Waals surface area contributed by atoms with E-state index >= 15 is 0 Å². The minimum absolute atomic E-state index is 0.0153. The van der Waals surface area contributed by atoms with Crippen molar-refractivity contribution in [1.29, 1.82) is 0 Å². The first-order chi connectivity index (χ1) is 46.4. The van der Waals surface area contributed by atoms with E-state index in [0.717, 1.165) is 34.6 Å². The highest BCUT2D eigenvalue weighted by Gasteiger charge is 2.27. The summed E-state index contributed by atoms with van der Waals surface area (Å²) >= 11 is 0. The third kappa shape index (κ3) is 22.1. The second-order valence-corrected chi connectivity index (χ2v) is 32.8. The number of carbonyl (C=O) groups is 2. The average molecular weight is 1500 g/mol. The molecule has 0 saturated heterocycles. The number of aliphatic carboxylic acids is 1. The molecule has 6 aromatic carbocycles. The Morgan fingerprint density at radius 2 is 0.960 bits per heavy atom. The number of carbonyl (C=O) groups excluding carboxylic acids is 1. The van der Waals surface area contributed by atoms with E-state index in [1.807, 2.05) is 77.0 Å². The molecule has 32 heteroatoms. The van der Waals surface area contributed by atoms with Crippen molar-refractivity contribution in [1.82, 2.24) is 5.32 Å². The number of carboxylic acid groups (broad SMARTS) is 1. The Bertz CT molecular complexity index is 5080. The van der Waals surface area contributed by atoms with Crippen molar-refractivity contribution < 1.29 is 102 Å². The highest BCUT2D eigenvalue weighted by molar-refractivity contribution is 7.87. The molecular formula is C68H85N5O21S6+2. The Labute approximate surface area is 585 Å². The number of hydrogen-bond acceptors (Lipinski definition) is 16. The smallest absolute Gasteiger partial charge is 0.303 e. The summed E-state index contributed by atoms with van der Waals surface area (Å²) in [6.45, 7) is 17.4. The number of benzene rings is 6. The van der Waals surface area contributed by atoms with Crippen LogP contribution < -0.4 is 15.1 Å². The Morgan fingerprint density at radius 1 is 0.480 bits per heavy atom. The predicted octanol–water partition coefficient (Wildman–Crippen LogP) is 11.4. The van der Waals surface area contributed by atoms with Gasteiger partial charge in [0.05, 0.1) is 20.4 Å². The van der Waals surface area contributed by atoms with Gasteiger partial charge in [-0.15, -0.1) is 0 Å². The summed E-state index contributed by atoms with van der Waals surface area (Å²) in [6.07, 6.45) is 14.1. The van der Waals surface area contributed by atoms with Crippen molar-refractivity contribution in [3.63, 3.8) is 0 Å². The lowest BCUT2D eigenvalue weighted by atomic mass is 10.0. The van der Waals surface area contributed by atoms with Crippen molar-refractivity contribution in [3.8, 4) is 0 Å². The molecule has 6 rings (SSSR count). The molecule has 0 saturated carbocycles. The molecule has 1 amide bonds. The van der Waals surface area contributed by atoms with E-state index in [0.29, 0.717) is 121 Å². The fourth-order valence-electron chi connectivity index (χ4n) is 11.8. The Balaban J connectivity index is 1.22. The molecular weight excluding hydrogens is 1420 g/mol. The summed E-state index contributed by atoms with van der Waals surface area (Å²) in [5.74, 6) is -1.64. The summed E-state index contributed by atoms with van der Waals surface area (Å²) < 4.78 is 210. The van der Waals surface area contributed by atoms with Crippen LogP contribution in [0.25, 0.3) is 21.5 Å². The van der Waals surface area contributed by atoms with Crippen LogP contribution in [-0.2, 0) is 76.8 Å². The van der Waals surface area contributed by atoms with Gasteiger partial charge < -0.3 is 20.2 Å². The maximum Gasteiger partial charge on any atom is 0.303 e. The molecule has 0 aromatic heterocycles. The van der Waals surface area contributed by atoms with Gasteiger partial charge in [-0.3, -0.25) is 36.9 Å². The lowest BCUT2D eigenvalue weighted by Crippen LogP contribution is -2.24. The number of nitrogens with one attached hydrogen (secondary N) is 1. The predicted molar refractivity (Wildman–Crippen MR) is 383 cm³/mol. The Hall–Kier alpha value is -7.86. The maximum absolute atomic E-state index is 13.4. The molecule has 0 aliphatic carbocycles. The summed E-state index contributed by atoms with van der Waals surface area (Å²) in [4.78, 5) is 25.2. The normalized spacial score (nSPS) is 13.7. The van der Waals surface area contributed by atoms with Crippen LogP contribution in [0.2, 0.25) is 0 Å². The molecule has 26 nitrogen and oxygen atoms in total. The largest absolute Gasteiger partial charge is 0.481 e. The highest BCUT2D eigenvalue weighted by atomic mass is 32.2. The molecule has 100 heavy (non-hydrogen) atoms. The van der Waals surface area contributed by atoms with Crippen LogP contribution in [0.15, 0.2) is 157 Å². The molecule has 6 aromatic rings. The van der Waals surface area contributed by atoms with Crippen molar-refractivity contribution >= 4 is 128 Å². The van der Waals surface area contributed by atoms with Gasteiger partial charge in [0.2, 0.25) is 17.3 Å². The molecule has 0 aliphatic heterocycles. The molecule has 0 radical (unpaired) electrons. The van der Waals surface area contributed by atoms with Gasteiger partial charge in [-0.1, -0.05) is 37.1 Å². The zero-order valence-electron chi connectivity index (χ0n) is 56.7. The van der Waals surface area contributed by atoms with Crippen molar-refractivity contribution in [2.75, 3.05) is 41.7 Å². The van der Waals surface area contributed by atoms with E-state index in [9.17, 15) is 87.4 Å².